The van der Waals surface area contributed by atoms with Crippen molar-refractivity contribution in [2.24, 2.45) is 11.3 Å². The molecule has 0 bridgehead atoms. The molecule has 1 spiro atoms. The van der Waals surface area contributed by atoms with Crippen LogP contribution in [0, 0.1) is 22.7 Å². The molecule has 2 fully saturated rings. The van der Waals surface area contributed by atoms with Gasteiger partial charge in [-0.05, 0) is 48.8 Å². The van der Waals surface area contributed by atoms with Gasteiger partial charge in [0.05, 0.1) is 12.5 Å². The van der Waals surface area contributed by atoms with Crippen LogP contribution < -0.4 is 10.2 Å². The third kappa shape index (κ3) is 5.68. The van der Waals surface area contributed by atoms with Crippen molar-refractivity contribution in [3.63, 3.8) is 0 Å². The molecule has 1 heterocycles. The Labute approximate surface area is 204 Å². The third-order valence-corrected chi connectivity index (χ3v) is 6.37. The standard InChI is InChI=1S/C24H29ClN4O5/c1-16-11-23(2,3)15-24(12-16)21(32)29(22(33)27-24)13-20(31)34-14-19(30)28(9-5-8-26)18-7-4-6-17(25)10-18/h4,6-7,10,16H,5,9,11-15H2,1-3H3,(H,27,33). The van der Waals surface area contributed by atoms with E-state index in [0.29, 0.717) is 23.6 Å². The Bertz CT molecular complexity index is 1040. The van der Waals surface area contributed by atoms with E-state index in [9.17, 15) is 19.2 Å². The molecular formula is C24H29ClN4O5. The summed E-state index contributed by atoms with van der Waals surface area (Å²) in [5.41, 5.74) is -0.680. The van der Waals surface area contributed by atoms with Gasteiger partial charge in [0.15, 0.2) is 6.61 Å². The number of urea groups is 1. The first-order valence-electron chi connectivity index (χ1n) is 11.2. The summed E-state index contributed by atoms with van der Waals surface area (Å²) < 4.78 is 5.09. The molecule has 0 aromatic heterocycles. The lowest BCUT2D eigenvalue weighted by atomic mass is 9.64. The van der Waals surface area contributed by atoms with Crippen molar-refractivity contribution in [2.75, 3.05) is 24.6 Å². The van der Waals surface area contributed by atoms with Crippen LogP contribution in [0.5, 0.6) is 0 Å². The van der Waals surface area contributed by atoms with E-state index in [1.165, 1.54) is 4.90 Å². The number of nitrogens with one attached hydrogen (secondary N) is 1. The lowest BCUT2D eigenvalue weighted by molar-refractivity contribution is -0.151. The fraction of sp³-hybridized carbons (Fsp3) is 0.542. The van der Waals surface area contributed by atoms with Gasteiger partial charge >= 0.3 is 12.0 Å². The highest BCUT2D eigenvalue weighted by molar-refractivity contribution is 6.30. The lowest BCUT2D eigenvalue weighted by Gasteiger charge is -2.43. The Morgan fingerprint density at radius 2 is 2.06 bits per heavy atom. The first-order valence-corrected chi connectivity index (χ1v) is 11.6. The molecule has 34 heavy (non-hydrogen) atoms. The summed E-state index contributed by atoms with van der Waals surface area (Å²) in [6, 6.07) is 7.88. The van der Waals surface area contributed by atoms with Crippen LogP contribution in [-0.2, 0) is 19.1 Å². The summed E-state index contributed by atoms with van der Waals surface area (Å²) in [5.74, 6) is -1.62. The van der Waals surface area contributed by atoms with Gasteiger partial charge in [-0.1, -0.05) is 38.4 Å². The van der Waals surface area contributed by atoms with Crippen LogP contribution >= 0.6 is 11.6 Å². The Kier molecular flexibility index (Phi) is 7.51. The number of nitriles is 1. The second-order valence-electron chi connectivity index (χ2n) is 9.85. The molecule has 1 aromatic carbocycles. The first kappa shape index (κ1) is 25.5. The van der Waals surface area contributed by atoms with Crippen LogP contribution in [0.1, 0.15) is 46.5 Å². The van der Waals surface area contributed by atoms with Gasteiger partial charge in [-0.15, -0.1) is 0 Å². The molecule has 2 atom stereocenters. The van der Waals surface area contributed by atoms with Crippen LogP contribution in [0.4, 0.5) is 10.5 Å². The summed E-state index contributed by atoms with van der Waals surface area (Å²) in [4.78, 5) is 53.1. The zero-order valence-corrected chi connectivity index (χ0v) is 20.4. The van der Waals surface area contributed by atoms with Crippen molar-refractivity contribution in [2.45, 2.75) is 52.0 Å². The summed E-state index contributed by atoms with van der Waals surface area (Å²) >= 11 is 6.00. The molecule has 1 saturated carbocycles. The SMILES string of the molecule is CC1CC(C)(C)CC2(C1)NC(=O)N(CC(=O)OCC(=O)N(CCC#N)c1cccc(Cl)c1)C2=O. The van der Waals surface area contributed by atoms with E-state index in [0.717, 1.165) is 11.3 Å². The topological polar surface area (TPSA) is 120 Å². The van der Waals surface area contributed by atoms with E-state index >= 15 is 0 Å². The number of halogens is 1. The van der Waals surface area contributed by atoms with Crippen LogP contribution in [0.15, 0.2) is 24.3 Å². The summed E-state index contributed by atoms with van der Waals surface area (Å²) in [6.07, 6.45) is 2.02. The number of hydrogen-bond donors (Lipinski definition) is 1. The highest BCUT2D eigenvalue weighted by Crippen LogP contribution is 2.46. The highest BCUT2D eigenvalue weighted by Gasteiger charge is 2.56. The lowest BCUT2D eigenvalue weighted by Crippen LogP contribution is -2.54. The molecule has 9 nitrogen and oxygen atoms in total. The van der Waals surface area contributed by atoms with Gasteiger partial charge < -0.3 is 15.0 Å². The van der Waals surface area contributed by atoms with Crippen molar-refractivity contribution in [1.82, 2.24) is 10.2 Å². The predicted octanol–water partition coefficient (Wildman–Crippen LogP) is 3.27. The van der Waals surface area contributed by atoms with E-state index < -0.39 is 42.5 Å². The second kappa shape index (κ2) is 10.0. The quantitative estimate of drug-likeness (QED) is 0.464. The Hall–Kier alpha value is -3.12. The minimum absolute atomic E-state index is 0.0749. The van der Waals surface area contributed by atoms with Gasteiger partial charge in [0, 0.05) is 17.3 Å². The smallest absolute Gasteiger partial charge is 0.326 e. The molecule has 0 radical (unpaired) electrons. The molecule has 1 aliphatic heterocycles. The molecule has 10 heteroatoms. The van der Waals surface area contributed by atoms with E-state index in [1.54, 1.807) is 24.3 Å². The van der Waals surface area contributed by atoms with Crippen molar-refractivity contribution in [1.29, 1.82) is 5.26 Å². The number of imide groups is 1. The first-order chi connectivity index (χ1) is 16.0. The van der Waals surface area contributed by atoms with Crippen molar-refractivity contribution in [3.05, 3.63) is 29.3 Å². The Morgan fingerprint density at radius 3 is 2.71 bits per heavy atom. The molecular weight excluding hydrogens is 460 g/mol. The average Bonchev–Trinajstić information content (AvgIpc) is 2.94. The van der Waals surface area contributed by atoms with Crippen LogP contribution in [0.25, 0.3) is 0 Å². The zero-order chi connectivity index (χ0) is 25.1. The molecule has 1 aliphatic carbocycles. The molecule has 4 amide bonds. The van der Waals surface area contributed by atoms with Crippen molar-refractivity contribution < 1.29 is 23.9 Å². The maximum atomic E-state index is 13.2. The van der Waals surface area contributed by atoms with Gasteiger partial charge in [0.1, 0.15) is 12.1 Å². The molecule has 1 N–H and O–H groups in total. The Balaban J connectivity index is 1.62. The molecule has 3 rings (SSSR count). The molecule has 1 aromatic rings. The van der Waals surface area contributed by atoms with Crippen molar-refractivity contribution in [3.8, 4) is 6.07 Å². The molecule has 2 unspecified atom stereocenters. The fourth-order valence-corrected chi connectivity index (χ4v) is 5.43. The average molecular weight is 489 g/mol. The van der Waals surface area contributed by atoms with E-state index in [2.05, 4.69) is 19.2 Å². The number of amides is 4. The number of hydrogen-bond acceptors (Lipinski definition) is 6. The van der Waals surface area contributed by atoms with E-state index in [-0.39, 0.29) is 24.3 Å². The maximum Gasteiger partial charge on any atom is 0.326 e. The normalized spacial score (nSPS) is 23.4. The van der Waals surface area contributed by atoms with Crippen LogP contribution in [0.3, 0.4) is 0 Å². The fourth-order valence-electron chi connectivity index (χ4n) is 5.25. The zero-order valence-electron chi connectivity index (χ0n) is 19.6. The van der Waals surface area contributed by atoms with E-state index in [1.807, 2.05) is 13.0 Å². The minimum atomic E-state index is -1.02. The molecule has 2 aliphatic rings. The number of nitrogens with zero attached hydrogens (tertiary/aromatic N) is 3. The number of rotatable bonds is 7. The van der Waals surface area contributed by atoms with Gasteiger partial charge in [0.2, 0.25) is 0 Å². The predicted molar refractivity (Wildman–Crippen MR) is 125 cm³/mol. The summed E-state index contributed by atoms with van der Waals surface area (Å²) in [6.45, 7) is 5.08. The largest absolute Gasteiger partial charge is 0.454 e. The highest BCUT2D eigenvalue weighted by atomic mass is 35.5. The van der Waals surface area contributed by atoms with E-state index in [4.69, 9.17) is 21.6 Å². The summed E-state index contributed by atoms with van der Waals surface area (Å²) in [7, 11) is 0. The number of anilines is 1. The number of carbonyl (C=O) groups is 4. The maximum absolute atomic E-state index is 13.2. The Morgan fingerprint density at radius 1 is 1.32 bits per heavy atom. The van der Waals surface area contributed by atoms with Crippen LogP contribution in [0.2, 0.25) is 5.02 Å². The minimum Gasteiger partial charge on any atom is -0.454 e. The number of carbonyl (C=O) groups excluding carboxylic acids is 4. The van der Waals surface area contributed by atoms with Gasteiger partial charge in [-0.3, -0.25) is 19.3 Å². The second-order valence-corrected chi connectivity index (χ2v) is 10.3. The van der Waals surface area contributed by atoms with Gasteiger partial charge in [-0.2, -0.15) is 5.26 Å². The van der Waals surface area contributed by atoms with Gasteiger partial charge in [0.25, 0.3) is 11.8 Å². The monoisotopic (exact) mass is 488 g/mol. The number of benzene rings is 1. The van der Waals surface area contributed by atoms with Gasteiger partial charge in [-0.25, -0.2) is 4.79 Å². The molecule has 182 valence electrons. The van der Waals surface area contributed by atoms with Crippen LogP contribution in [-0.4, -0.2) is 54.0 Å². The third-order valence-electron chi connectivity index (χ3n) is 6.14. The molecule has 1 saturated heterocycles. The van der Waals surface area contributed by atoms with Crippen molar-refractivity contribution >= 4 is 41.1 Å². The summed E-state index contributed by atoms with van der Waals surface area (Å²) in [5, 5.41) is 12.1. The number of ether oxygens (including phenoxy) is 1. The number of esters is 1.